The van der Waals surface area contributed by atoms with Gasteiger partial charge < -0.3 is 14.2 Å². The van der Waals surface area contributed by atoms with Crippen LogP contribution in [0.1, 0.15) is 62.4 Å². The average Bonchev–Trinajstić information content (AvgIpc) is 3.28. The van der Waals surface area contributed by atoms with Crippen LogP contribution in [0, 0.1) is 12.8 Å². The quantitative estimate of drug-likeness (QED) is 0.572. The van der Waals surface area contributed by atoms with Gasteiger partial charge in [0.2, 0.25) is 20.9 Å². The lowest BCUT2D eigenvalue weighted by molar-refractivity contribution is -0.134. The van der Waals surface area contributed by atoms with E-state index in [1.54, 1.807) is 10.8 Å². The predicted octanol–water partition coefficient (Wildman–Crippen LogP) is 3.66. The third-order valence-corrected chi connectivity index (χ3v) is 7.83. The molecule has 8 heteroatoms. The Morgan fingerprint density at radius 3 is 2.62 bits per heavy atom. The number of benzene rings is 1. The minimum Gasteiger partial charge on any atom is -0.376 e. The summed E-state index contributed by atoms with van der Waals surface area (Å²) in [5, 5.41) is 0.0710. The maximum Gasteiger partial charge on any atom is 0.228 e. The summed E-state index contributed by atoms with van der Waals surface area (Å²) in [4.78, 5) is 19.2. The normalized spacial score (nSPS) is 18.9. The Balaban J connectivity index is 1.61. The molecule has 2 heterocycles. The van der Waals surface area contributed by atoms with E-state index in [-0.39, 0.29) is 34.9 Å². The van der Waals surface area contributed by atoms with Gasteiger partial charge in [-0.15, -0.1) is 0 Å². The Morgan fingerprint density at radius 2 is 2.00 bits per heavy atom. The van der Waals surface area contributed by atoms with Crippen molar-refractivity contribution >= 4 is 15.7 Å². The number of amides is 1. The van der Waals surface area contributed by atoms with Crippen molar-refractivity contribution in [1.29, 1.82) is 0 Å². The van der Waals surface area contributed by atoms with Crippen molar-refractivity contribution in [3.05, 3.63) is 47.3 Å². The topological polar surface area (TPSA) is 81.5 Å². The fourth-order valence-electron chi connectivity index (χ4n) is 4.37. The lowest BCUT2D eigenvalue weighted by Crippen LogP contribution is -2.38. The highest BCUT2D eigenvalue weighted by atomic mass is 32.2. The van der Waals surface area contributed by atoms with Crippen molar-refractivity contribution in [1.82, 2.24) is 14.5 Å². The fourth-order valence-corrected chi connectivity index (χ4v) is 6.07. The number of carbonyl (C=O) groups is 1. The van der Waals surface area contributed by atoms with Crippen LogP contribution < -0.4 is 0 Å². The number of hydrogen-bond acceptors (Lipinski definition) is 5. The molecular weight excluding hydrogens is 426 g/mol. The van der Waals surface area contributed by atoms with Gasteiger partial charge in [-0.2, -0.15) is 0 Å². The van der Waals surface area contributed by atoms with E-state index in [0.29, 0.717) is 13.1 Å². The van der Waals surface area contributed by atoms with Crippen molar-refractivity contribution < 1.29 is 17.9 Å². The molecule has 32 heavy (non-hydrogen) atoms. The lowest BCUT2D eigenvalue weighted by atomic mass is 10.1. The molecule has 1 atom stereocenters. The zero-order valence-electron chi connectivity index (χ0n) is 19.2. The molecule has 1 saturated carbocycles. The van der Waals surface area contributed by atoms with Crippen LogP contribution in [0.5, 0.6) is 0 Å². The number of imidazole rings is 1. The van der Waals surface area contributed by atoms with Gasteiger partial charge in [-0.05, 0) is 57.6 Å². The number of rotatable bonds is 9. The summed E-state index contributed by atoms with van der Waals surface area (Å²) in [5.74, 6) is 0.140. The van der Waals surface area contributed by atoms with Crippen molar-refractivity contribution in [2.45, 2.75) is 76.1 Å². The molecule has 0 unspecified atom stereocenters. The smallest absolute Gasteiger partial charge is 0.228 e. The van der Waals surface area contributed by atoms with Crippen LogP contribution in [0.3, 0.4) is 0 Å². The molecule has 1 amide bonds. The van der Waals surface area contributed by atoms with Crippen LogP contribution in [-0.4, -0.2) is 48.0 Å². The SMILES string of the molecule is Cc1ccccc1CS(=O)(=O)c1ncc(CN(C[C@H]2CCCO2)C(=O)C2CC2)n1C(C)C. The molecule has 0 radical (unpaired) electrons. The molecule has 1 aliphatic carbocycles. The van der Waals surface area contributed by atoms with Gasteiger partial charge in [-0.1, -0.05) is 24.3 Å². The standard InChI is InChI=1S/C24H33N3O4S/c1-17(2)27-21(14-26(23(28)19-10-11-19)15-22-9-6-12-31-22)13-25-24(27)32(29,30)16-20-8-5-4-7-18(20)3/h4-5,7-8,13,17,19,22H,6,9-12,14-16H2,1-3H3/t22-/m1/s1. The summed E-state index contributed by atoms with van der Waals surface area (Å²) in [6.07, 6.45) is 5.50. The van der Waals surface area contributed by atoms with E-state index in [4.69, 9.17) is 4.74 Å². The van der Waals surface area contributed by atoms with E-state index >= 15 is 0 Å². The van der Waals surface area contributed by atoms with Crippen LogP contribution in [0.2, 0.25) is 0 Å². The summed E-state index contributed by atoms with van der Waals surface area (Å²) in [7, 11) is -3.65. The van der Waals surface area contributed by atoms with Crippen molar-refractivity contribution in [3.8, 4) is 0 Å². The molecule has 0 N–H and O–H groups in total. The van der Waals surface area contributed by atoms with E-state index in [9.17, 15) is 13.2 Å². The molecule has 174 valence electrons. The summed E-state index contributed by atoms with van der Waals surface area (Å²) in [5.41, 5.74) is 2.46. The van der Waals surface area contributed by atoms with E-state index in [0.717, 1.165) is 49.1 Å². The molecule has 0 spiro atoms. The highest BCUT2D eigenvalue weighted by Gasteiger charge is 2.36. The highest BCUT2D eigenvalue weighted by Crippen LogP contribution is 2.32. The first kappa shape index (κ1) is 23.0. The number of nitrogens with zero attached hydrogens (tertiary/aromatic N) is 3. The second-order valence-corrected chi connectivity index (χ2v) is 11.2. The molecule has 1 aliphatic heterocycles. The third kappa shape index (κ3) is 5.07. The zero-order valence-corrected chi connectivity index (χ0v) is 20.0. The number of carbonyl (C=O) groups excluding carboxylic acids is 1. The molecule has 7 nitrogen and oxygen atoms in total. The van der Waals surface area contributed by atoms with Crippen molar-refractivity contribution in [2.75, 3.05) is 13.2 Å². The van der Waals surface area contributed by atoms with Gasteiger partial charge >= 0.3 is 0 Å². The van der Waals surface area contributed by atoms with Crippen molar-refractivity contribution in [2.24, 2.45) is 5.92 Å². The minimum atomic E-state index is -3.65. The number of sulfone groups is 1. The number of hydrogen-bond donors (Lipinski definition) is 0. The number of aryl methyl sites for hydroxylation is 1. The van der Waals surface area contributed by atoms with E-state index in [1.165, 1.54) is 0 Å². The molecule has 2 aliphatic rings. The largest absolute Gasteiger partial charge is 0.376 e. The maximum atomic E-state index is 13.3. The average molecular weight is 460 g/mol. The molecule has 1 aromatic heterocycles. The Bertz CT molecular complexity index is 1070. The Morgan fingerprint density at radius 1 is 1.25 bits per heavy atom. The first-order valence-electron chi connectivity index (χ1n) is 11.5. The second kappa shape index (κ2) is 9.35. The van der Waals surface area contributed by atoms with Gasteiger partial charge in [0.15, 0.2) is 0 Å². The molecule has 1 aromatic carbocycles. The first-order valence-corrected chi connectivity index (χ1v) is 13.1. The third-order valence-electron chi connectivity index (χ3n) is 6.28. The molecule has 1 saturated heterocycles. The van der Waals surface area contributed by atoms with Gasteiger partial charge in [-0.3, -0.25) is 4.79 Å². The lowest BCUT2D eigenvalue weighted by Gasteiger charge is -2.27. The van der Waals surface area contributed by atoms with Gasteiger partial charge in [0.05, 0.1) is 30.3 Å². The van der Waals surface area contributed by atoms with E-state index in [2.05, 4.69) is 4.98 Å². The summed E-state index contributed by atoms with van der Waals surface area (Å²) < 4.78 is 34.2. The van der Waals surface area contributed by atoms with E-state index in [1.807, 2.05) is 49.9 Å². The van der Waals surface area contributed by atoms with Crippen LogP contribution in [0.25, 0.3) is 0 Å². The summed E-state index contributed by atoms with van der Waals surface area (Å²) >= 11 is 0. The number of ether oxygens (including phenoxy) is 1. The van der Waals surface area contributed by atoms with Crippen LogP contribution in [0.4, 0.5) is 0 Å². The summed E-state index contributed by atoms with van der Waals surface area (Å²) in [6, 6.07) is 7.41. The molecular formula is C24H33N3O4S. The molecule has 4 rings (SSSR count). The predicted molar refractivity (Wildman–Crippen MR) is 122 cm³/mol. The summed E-state index contributed by atoms with van der Waals surface area (Å²) in [6.45, 7) is 7.44. The van der Waals surface area contributed by atoms with Gasteiger partial charge in [-0.25, -0.2) is 13.4 Å². The van der Waals surface area contributed by atoms with E-state index < -0.39 is 9.84 Å². The minimum absolute atomic E-state index is 0.0531. The van der Waals surface area contributed by atoms with Crippen LogP contribution in [-0.2, 0) is 31.7 Å². The molecule has 0 bridgehead atoms. The maximum absolute atomic E-state index is 13.3. The molecule has 2 fully saturated rings. The number of aromatic nitrogens is 2. The van der Waals surface area contributed by atoms with Gasteiger partial charge in [0, 0.05) is 25.1 Å². The second-order valence-electron chi connectivity index (χ2n) is 9.31. The van der Waals surface area contributed by atoms with Gasteiger partial charge in [0.1, 0.15) is 0 Å². The zero-order chi connectivity index (χ0) is 22.9. The van der Waals surface area contributed by atoms with Crippen LogP contribution in [0.15, 0.2) is 35.6 Å². The monoisotopic (exact) mass is 459 g/mol. The van der Waals surface area contributed by atoms with Crippen molar-refractivity contribution in [3.63, 3.8) is 0 Å². The Hall–Kier alpha value is -2.19. The van der Waals surface area contributed by atoms with Gasteiger partial charge in [0.25, 0.3) is 0 Å². The highest BCUT2D eigenvalue weighted by molar-refractivity contribution is 7.90. The Kier molecular flexibility index (Phi) is 6.72. The van der Waals surface area contributed by atoms with Crippen LogP contribution >= 0.6 is 0 Å². The first-order chi connectivity index (χ1) is 15.3. The Labute approximate surface area is 190 Å². The fraction of sp³-hybridized carbons (Fsp3) is 0.583. The molecule has 2 aromatic rings.